The van der Waals surface area contributed by atoms with Gasteiger partial charge in [0.15, 0.2) is 0 Å². The second-order valence-electron chi connectivity index (χ2n) is 2.93. The molecule has 9 heavy (non-hydrogen) atoms. The minimum absolute atomic E-state index is 0.0532. The Labute approximate surface area is 54.2 Å². The molecule has 2 atom stereocenters. The summed E-state index contributed by atoms with van der Waals surface area (Å²) in [4.78, 5) is 10.8. The standard InChI is InChI=1S/C7H10O2/c8-7-6-3-1-2-5(6)4-9-7/h5-6H,1-4H2/t5?,6-/m1/s1. The average Bonchev–Trinajstić information content (AvgIpc) is 2.35. The first-order valence-electron chi connectivity index (χ1n) is 3.54. The zero-order chi connectivity index (χ0) is 6.27. The zero-order valence-electron chi connectivity index (χ0n) is 5.30. The van der Waals surface area contributed by atoms with Gasteiger partial charge in [-0.3, -0.25) is 4.79 Å². The van der Waals surface area contributed by atoms with E-state index in [1.807, 2.05) is 0 Å². The molecule has 2 fully saturated rings. The highest BCUT2D eigenvalue weighted by molar-refractivity contribution is 5.75. The fraction of sp³-hybridized carbons (Fsp3) is 0.857. The first-order chi connectivity index (χ1) is 4.38. The molecule has 2 heteroatoms. The van der Waals surface area contributed by atoms with Gasteiger partial charge in [-0.2, -0.15) is 0 Å². The highest BCUT2D eigenvalue weighted by Gasteiger charge is 2.39. The van der Waals surface area contributed by atoms with E-state index in [4.69, 9.17) is 4.74 Å². The molecule has 0 aromatic carbocycles. The van der Waals surface area contributed by atoms with Crippen LogP contribution in [0.5, 0.6) is 0 Å². The van der Waals surface area contributed by atoms with E-state index in [-0.39, 0.29) is 11.9 Å². The molecule has 0 radical (unpaired) electrons. The van der Waals surface area contributed by atoms with Crippen molar-refractivity contribution in [3.05, 3.63) is 0 Å². The summed E-state index contributed by atoms with van der Waals surface area (Å²) in [5.74, 6) is 0.917. The topological polar surface area (TPSA) is 26.3 Å². The molecule has 1 saturated carbocycles. The lowest BCUT2D eigenvalue weighted by Crippen LogP contribution is -2.07. The molecule has 2 rings (SSSR count). The lowest BCUT2D eigenvalue weighted by molar-refractivity contribution is -0.141. The van der Waals surface area contributed by atoms with Crippen molar-refractivity contribution in [3.63, 3.8) is 0 Å². The van der Waals surface area contributed by atoms with Crippen LogP contribution in [0.25, 0.3) is 0 Å². The summed E-state index contributed by atoms with van der Waals surface area (Å²) >= 11 is 0. The van der Waals surface area contributed by atoms with Gasteiger partial charge in [0.05, 0.1) is 12.5 Å². The fourth-order valence-corrected chi connectivity index (χ4v) is 1.84. The fourth-order valence-electron chi connectivity index (χ4n) is 1.84. The third-order valence-electron chi connectivity index (χ3n) is 2.40. The van der Waals surface area contributed by atoms with Crippen LogP contribution < -0.4 is 0 Å². The first kappa shape index (κ1) is 5.27. The van der Waals surface area contributed by atoms with Gasteiger partial charge in [-0.25, -0.2) is 0 Å². The van der Waals surface area contributed by atoms with E-state index in [9.17, 15) is 4.79 Å². The summed E-state index contributed by atoms with van der Waals surface area (Å²) < 4.78 is 4.88. The molecule has 1 aliphatic heterocycles. The van der Waals surface area contributed by atoms with E-state index in [0.717, 1.165) is 6.42 Å². The third-order valence-corrected chi connectivity index (χ3v) is 2.40. The van der Waals surface area contributed by atoms with Crippen LogP contribution in [0.2, 0.25) is 0 Å². The SMILES string of the molecule is O=C1OCC2CCC[C@@H]12. The number of cyclic esters (lactones) is 1. The van der Waals surface area contributed by atoms with Gasteiger partial charge in [-0.15, -0.1) is 0 Å². The van der Waals surface area contributed by atoms with E-state index < -0.39 is 0 Å². The van der Waals surface area contributed by atoms with Crippen molar-refractivity contribution >= 4 is 5.97 Å². The predicted molar refractivity (Wildman–Crippen MR) is 31.8 cm³/mol. The van der Waals surface area contributed by atoms with Crippen LogP contribution in [0.1, 0.15) is 19.3 Å². The highest BCUT2D eigenvalue weighted by Crippen LogP contribution is 2.36. The summed E-state index contributed by atoms with van der Waals surface area (Å²) in [6, 6.07) is 0. The van der Waals surface area contributed by atoms with Gasteiger partial charge >= 0.3 is 5.97 Å². The monoisotopic (exact) mass is 126 g/mol. The van der Waals surface area contributed by atoms with Crippen LogP contribution in [-0.4, -0.2) is 12.6 Å². The number of rotatable bonds is 0. The van der Waals surface area contributed by atoms with Crippen molar-refractivity contribution in [1.29, 1.82) is 0 Å². The Balaban J connectivity index is 2.15. The minimum Gasteiger partial charge on any atom is -0.465 e. The molecule has 0 amide bonds. The number of carbonyl (C=O) groups excluding carboxylic acids is 1. The molecule has 0 aromatic heterocycles. The van der Waals surface area contributed by atoms with Crippen molar-refractivity contribution in [2.24, 2.45) is 11.8 Å². The Bertz CT molecular complexity index is 142. The Kier molecular flexibility index (Phi) is 1.01. The third kappa shape index (κ3) is 0.655. The van der Waals surface area contributed by atoms with E-state index in [1.54, 1.807) is 0 Å². The van der Waals surface area contributed by atoms with Crippen LogP contribution in [0.15, 0.2) is 0 Å². The number of esters is 1. The lowest BCUT2D eigenvalue weighted by Gasteiger charge is -1.97. The molecule has 0 aromatic rings. The Morgan fingerprint density at radius 1 is 1.44 bits per heavy atom. The average molecular weight is 126 g/mol. The number of fused-ring (bicyclic) bond motifs is 1. The largest absolute Gasteiger partial charge is 0.465 e. The molecule has 1 saturated heterocycles. The Morgan fingerprint density at radius 2 is 2.33 bits per heavy atom. The maximum absolute atomic E-state index is 10.8. The van der Waals surface area contributed by atoms with Crippen molar-refractivity contribution in [2.45, 2.75) is 19.3 Å². The van der Waals surface area contributed by atoms with E-state index in [2.05, 4.69) is 0 Å². The summed E-state index contributed by atoms with van der Waals surface area (Å²) in [5.41, 5.74) is 0. The van der Waals surface area contributed by atoms with Crippen LogP contribution in [0, 0.1) is 11.8 Å². The second-order valence-corrected chi connectivity index (χ2v) is 2.93. The highest BCUT2D eigenvalue weighted by atomic mass is 16.5. The molecule has 2 aliphatic rings. The van der Waals surface area contributed by atoms with Crippen molar-refractivity contribution in [3.8, 4) is 0 Å². The summed E-state index contributed by atoms with van der Waals surface area (Å²) in [6.45, 7) is 0.698. The van der Waals surface area contributed by atoms with Gasteiger partial charge < -0.3 is 4.74 Å². The van der Waals surface area contributed by atoms with Gasteiger partial charge in [0, 0.05) is 5.92 Å². The van der Waals surface area contributed by atoms with Gasteiger partial charge in [-0.05, 0) is 12.8 Å². The summed E-state index contributed by atoms with van der Waals surface area (Å²) in [7, 11) is 0. The summed E-state index contributed by atoms with van der Waals surface area (Å²) in [6.07, 6.45) is 3.50. The second kappa shape index (κ2) is 1.72. The summed E-state index contributed by atoms with van der Waals surface area (Å²) in [5, 5.41) is 0. The Hall–Kier alpha value is -0.530. The van der Waals surface area contributed by atoms with Crippen LogP contribution in [0.3, 0.4) is 0 Å². The van der Waals surface area contributed by atoms with Crippen molar-refractivity contribution in [1.82, 2.24) is 0 Å². The van der Waals surface area contributed by atoms with Crippen molar-refractivity contribution < 1.29 is 9.53 Å². The molecule has 0 spiro atoms. The smallest absolute Gasteiger partial charge is 0.309 e. The number of hydrogen-bond donors (Lipinski definition) is 0. The van der Waals surface area contributed by atoms with Crippen LogP contribution in [0.4, 0.5) is 0 Å². The number of hydrogen-bond acceptors (Lipinski definition) is 2. The maximum atomic E-state index is 10.8. The van der Waals surface area contributed by atoms with Gasteiger partial charge in [-0.1, -0.05) is 6.42 Å². The van der Waals surface area contributed by atoms with Gasteiger partial charge in [0.1, 0.15) is 0 Å². The van der Waals surface area contributed by atoms with E-state index in [1.165, 1.54) is 12.8 Å². The quantitative estimate of drug-likeness (QED) is 0.452. The van der Waals surface area contributed by atoms with E-state index >= 15 is 0 Å². The molecule has 0 bridgehead atoms. The molecule has 0 N–H and O–H groups in total. The zero-order valence-corrected chi connectivity index (χ0v) is 5.30. The lowest BCUT2D eigenvalue weighted by atomic mass is 10.0. The normalized spacial score (nSPS) is 40.7. The van der Waals surface area contributed by atoms with Crippen molar-refractivity contribution in [2.75, 3.05) is 6.61 Å². The molecule has 1 unspecified atom stereocenters. The molecular weight excluding hydrogens is 116 g/mol. The van der Waals surface area contributed by atoms with Gasteiger partial charge in [0.2, 0.25) is 0 Å². The molecular formula is C7H10O2. The molecule has 1 heterocycles. The molecule has 1 aliphatic carbocycles. The van der Waals surface area contributed by atoms with E-state index in [0.29, 0.717) is 12.5 Å². The molecule has 2 nitrogen and oxygen atoms in total. The van der Waals surface area contributed by atoms with Gasteiger partial charge in [0.25, 0.3) is 0 Å². The van der Waals surface area contributed by atoms with Crippen LogP contribution >= 0.6 is 0 Å². The first-order valence-corrected chi connectivity index (χ1v) is 3.54. The number of ether oxygens (including phenoxy) is 1. The minimum atomic E-state index is 0.0532. The Morgan fingerprint density at radius 3 is 3.11 bits per heavy atom. The number of carbonyl (C=O) groups is 1. The molecule has 50 valence electrons. The maximum Gasteiger partial charge on any atom is 0.309 e. The van der Waals surface area contributed by atoms with Crippen LogP contribution in [-0.2, 0) is 9.53 Å². The predicted octanol–water partition coefficient (Wildman–Crippen LogP) is 0.960.